The lowest BCUT2D eigenvalue weighted by atomic mass is 10.0. The van der Waals surface area contributed by atoms with E-state index in [1.165, 1.54) is 0 Å². The monoisotopic (exact) mass is 176 g/mol. The van der Waals surface area contributed by atoms with Crippen LogP contribution in [0.25, 0.3) is 12.2 Å². The molecule has 2 heteroatoms. The minimum atomic E-state index is 0.458. The van der Waals surface area contributed by atoms with E-state index in [9.17, 15) is 0 Å². The van der Waals surface area contributed by atoms with Gasteiger partial charge in [0, 0.05) is 11.3 Å². The van der Waals surface area contributed by atoms with Crippen LogP contribution < -0.4 is 0 Å². The van der Waals surface area contributed by atoms with Gasteiger partial charge >= 0.3 is 0 Å². The molecule has 0 saturated carbocycles. The first-order chi connectivity index (χ1) is 6.20. The number of allylic oxidation sites excluding steroid dienone is 1. The molecule has 0 spiro atoms. The second-order valence-electron chi connectivity index (χ2n) is 3.30. The molecule has 0 atom stereocenters. The summed E-state index contributed by atoms with van der Waals surface area (Å²) in [5.74, 6) is 0.458. The average molecular weight is 176 g/mol. The number of hydrogen-bond donors (Lipinski definition) is 1. The zero-order valence-electron chi connectivity index (χ0n) is 8.46. The molecule has 2 nitrogen and oxygen atoms in total. The first-order valence-electron chi connectivity index (χ1n) is 4.54. The third-order valence-electron chi connectivity index (χ3n) is 1.97. The molecule has 0 aliphatic carbocycles. The van der Waals surface area contributed by atoms with E-state index in [2.05, 4.69) is 30.6 Å². The van der Waals surface area contributed by atoms with Gasteiger partial charge in [0.25, 0.3) is 0 Å². The Hall–Kier alpha value is -1.31. The maximum atomic E-state index is 4.21. The largest absolute Gasteiger partial charge is 0.281 e. The van der Waals surface area contributed by atoms with Crippen molar-refractivity contribution < 1.29 is 0 Å². The van der Waals surface area contributed by atoms with Crippen molar-refractivity contribution in [3.8, 4) is 0 Å². The fourth-order valence-corrected chi connectivity index (χ4v) is 1.32. The van der Waals surface area contributed by atoms with Gasteiger partial charge < -0.3 is 0 Å². The first kappa shape index (κ1) is 9.78. The van der Waals surface area contributed by atoms with Crippen molar-refractivity contribution in [2.24, 2.45) is 0 Å². The Labute approximate surface area is 79.4 Å². The van der Waals surface area contributed by atoms with Crippen LogP contribution >= 0.6 is 0 Å². The molecule has 0 aliphatic rings. The standard InChI is InChI=1S/C11H16N2/c1-5-7-10-9(6-2)11(8(3)4)13-12-10/h5-8H,2H2,1,3-4H3,(H,12,13)/b7-5-. The summed E-state index contributed by atoms with van der Waals surface area (Å²) in [6.07, 6.45) is 5.82. The van der Waals surface area contributed by atoms with E-state index in [1.807, 2.05) is 25.2 Å². The molecule has 1 aromatic heterocycles. The van der Waals surface area contributed by atoms with E-state index in [4.69, 9.17) is 0 Å². The zero-order chi connectivity index (χ0) is 9.84. The lowest BCUT2D eigenvalue weighted by Crippen LogP contribution is -1.89. The second-order valence-corrected chi connectivity index (χ2v) is 3.30. The Balaban J connectivity index is 3.17. The van der Waals surface area contributed by atoms with Crippen molar-refractivity contribution in [2.75, 3.05) is 0 Å². The van der Waals surface area contributed by atoms with Crippen LogP contribution in [0.3, 0.4) is 0 Å². The maximum Gasteiger partial charge on any atom is 0.0920 e. The topological polar surface area (TPSA) is 28.7 Å². The normalized spacial score (nSPS) is 11.4. The molecule has 0 fully saturated rings. The number of aromatic amines is 1. The third-order valence-corrected chi connectivity index (χ3v) is 1.97. The lowest BCUT2D eigenvalue weighted by Gasteiger charge is -2.01. The molecule has 1 N–H and O–H groups in total. The summed E-state index contributed by atoms with van der Waals surface area (Å²) in [6.45, 7) is 10.1. The highest BCUT2D eigenvalue weighted by atomic mass is 15.1. The number of H-pyrrole nitrogens is 1. The molecule has 1 rings (SSSR count). The lowest BCUT2D eigenvalue weighted by molar-refractivity contribution is 0.808. The number of nitrogens with zero attached hydrogens (tertiary/aromatic N) is 1. The van der Waals surface area contributed by atoms with Gasteiger partial charge in [0.1, 0.15) is 0 Å². The van der Waals surface area contributed by atoms with Crippen molar-refractivity contribution in [1.82, 2.24) is 10.2 Å². The highest BCUT2D eigenvalue weighted by molar-refractivity contribution is 5.63. The van der Waals surface area contributed by atoms with E-state index in [-0.39, 0.29) is 0 Å². The van der Waals surface area contributed by atoms with Crippen molar-refractivity contribution in [3.05, 3.63) is 29.6 Å². The summed E-state index contributed by atoms with van der Waals surface area (Å²) in [6, 6.07) is 0. The zero-order valence-corrected chi connectivity index (χ0v) is 8.46. The van der Waals surface area contributed by atoms with Crippen LogP contribution in [0.15, 0.2) is 12.7 Å². The Kier molecular flexibility index (Phi) is 3.07. The van der Waals surface area contributed by atoms with E-state index in [1.54, 1.807) is 0 Å². The van der Waals surface area contributed by atoms with E-state index in [0.717, 1.165) is 17.0 Å². The number of hydrogen-bond acceptors (Lipinski definition) is 1. The highest BCUT2D eigenvalue weighted by Crippen LogP contribution is 2.21. The van der Waals surface area contributed by atoms with Crippen LogP contribution in [-0.4, -0.2) is 10.2 Å². The van der Waals surface area contributed by atoms with Crippen LogP contribution in [0.5, 0.6) is 0 Å². The van der Waals surface area contributed by atoms with E-state index in [0.29, 0.717) is 5.92 Å². The molecule has 0 unspecified atom stereocenters. The Morgan fingerprint density at radius 2 is 2.15 bits per heavy atom. The first-order valence-corrected chi connectivity index (χ1v) is 4.54. The van der Waals surface area contributed by atoms with E-state index >= 15 is 0 Å². The van der Waals surface area contributed by atoms with E-state index < -0.39 is 0 Å². The molecule has 13 heavy (non-hydrogen) atoms. The fourth-order valence-electron chi connectivity index (χ4n) is 1.32. The van der Waals surface area contributed by atoms with Gasteiger partial charge in [-0.3, -0.25) is 5.10 Å². The number of rotatable bonds is 3. The van der Waals surface area contributed by atoms with Crippen molar-refractivity contribution in [2.45, 2.75) is 26.7 Å². The molecule has 70 valence electrons. The second kappa shape index (κ2) is 4.08. The van der Waals surface area contributed by atoms with Crippen LogP contribution in [0.2, 0.25) is 0 Å². The summed E-state index contributed by atoms with van der Waals surface area (Å²) in [5, 5.41) is 7.25. The minimum absolute atomic E-state index is 0.458. The molecular formula is C11H16N2. The molecule has 0 amide bonds. The highest BCUT2D eigenvalue weighted by Gasteiger charge is 2.10. The fraction of sp³-hybridized carbons (Fsp3) is 0.364. The summed E-state index contributed by atoms with van der Waals surface area (Å²) >= 11 is 0. The predicted molar refractivity (Wildman–Crippen MR) is 57.5 cm³/mol. The van der Waals surface area contributed by atoms with Crippen LogP contribution in [0, 0.1) is 0 Å². The minimum Gasteiger partial charge on any atom is -0.281 e. The van der Waals surface area contributed by atoms with Crippen LogP contribution in [0.1, 0.15) is 43.6 Å². The molecule has 0 bridgehead atoms. The van der Waals surface area contributed by atoms with Crippen molar-refractivity contribution in [1.29, 1.82) is 0 Å². The molecule has 0 saturated heterocycles. The van der Waals surface area contributed by atoms with Crippen molar-refractivity contribution >= 4 is 12.2 Å². The molecule has 1 heterocycles. The molecule has 0 radical (unpaired) electrons. The van der Waals surface area contributed by atoms with Gasteiger partial charge in [-0.05, 0) is 18.9 Å². The smallest absolute Gasteiger partial charge is 0.0920 e. The average Bonchev–Trinajstić information content (AvgIpc) is 2.48. The quantitative estimate of drug-likeness (QED) is 0.752. The summed E-state index contributed by atoms with van der Waals surface area (Å²) in [7, 11) is 0. The van der Waals surface area contributed by atoms with Gasteiger partial charge in [-0.25, -0.2) is 0 Å². The summed E-state index contributed by atoms with van der Waals surface area (Å²) in [5.41, 5.74) is 3.25. The predicted octanol–water partition coefficient (Wildman–Crippen LogP) is 3.21. The van der Waals surface area contributed by atoms with Crippen LogP contribution in [0.4, 0.5) is 0 Å². The molecule has 0 aromatic carbocycles. The Morgan fingerprint density at radius 1 is 1.46 bits per heavy atom. The van der Waals surface area contributed by atoms with Crippen LogP contribution in [-0.2, 0) is 0 Å². The maximum absolute atomic E-state index is 4.21. The van der Waals surface area contributed by atoms with Gasteiger partial charge in [0.05, 0.1) is 5.69 Å². The number of nitrogens with one attached hydrogen (secondary N) is 1. The van der Waals surface area contributed by atoms with Gasteiger partial charge in [-0.2, -0.15) is 5.10 Å². The number of aromatic nitrogens is 2. The molecule has 0 aliphatic heterocycles. The molecular weight excluding hydrogens is 160 g/mol. The third kappa shape index (κ3) is 1.89. The Morgan fingerprint density at radius 3 is 2.62 bits per heavy atom. The molecule has 1 aromatic rings. The van der Waals surface area contributed by atoms with Crippen molar-refractivity contribution in [3.63, 3.8) is 0 Å². The SMILES string of the molecule is C=Cc1c(/C=C\C)n[nH]c1C(C)C. The summed E-state index contributed by atoms with van der Waals surface area (Å²) < 4.78 is 0. The van der Waals surface area contributed by atoms with Gasteiger partial charge in [0.2, 0.25) is 0 Å². The van der Waals surface area contributed by atoms with Gasteiger partial charge in [-0.1, -0.05) is 32.6 Å². The van der Waals surface area contributed by atoms with Gasteiger partial charge in [-0.15, -0.1) is 0 Å². The Bertz CT molecular complexity index is 319. The van der Waals surface area contributed by atoms with Gasteiger partial charge in [0.15, 0.2) is 0 Å². The summed E-state index contributed by atoms with van der Waals surface area (Å²) in [4.78, 5) is 0.